The number of nitrogens with zero attached hydrogens (tertiary/aromatic N) is 3. The van der Waals surface area contributed by atoms with Crippen LogP contribution >= 0.6 is 0 Å². The molecule has 2 aromatic carbocycles. The van der Waals surface area contributed by atoms with Crippen molar-refractivity contribution < 1.29 is 13.9 Å². The predicted octanol–water partition coefficient (Wildman–Crippen LogP) is 5.51. The van der Waals surface area contributed by atoms with Crippen molar-refractivity contribution in [2.75, 3.05) is 44.2 Å². The summed E-state index contributed by atoms with van der Waals surface area (Å²) in [5, 5.41) is 0. The zero-order chi connectivity index (χ0) is 23.2. The zero-order valence-corrected chi connectivity index (χ0v) is 19.9. The largest absolute Gasteiger partial charge is 0.491 e. The fourth-order valence-electron chi connectivity index (χ4n) is 4.94. The summed E-state index contributed by atoms with van der Waals surface area (Å²) in [4.78, 5) is 18.9. The molecule has 2 aromatic rings. The Morgan fingerprint density at radius 3 is 2.36 bits per heavy atom. The number of anilines is 1. The summed E-state index contributed by atoms with van der Waals surface area (Å²) in [5.41, 5.74) is 2.12. The maximum absolute atomic E-state index is 13.2. The van der Waals surface area contributed by atoms with Crippen LogP contribution in [-0.2, 0) is 0 Å². The van der Waals surface area contributed by atoms with Crippen LogP contribution in [0.25, 0.3) is 0 Å². The van der Waals surface area contributed by atoms with Gasteiger partial charge in [-0.25, -0.2) is 9.18 Å². The SMILES string of the molecule is CC(C)Oc1ccccc1C1CCN(CCCCN2CCN(c3ccc(F)cc3)C2=O)CC1. The lowest BCUT2D eigenvalue weighted by molar-refractivity contribution is 0.196. The van der Waals surface area contributed by atoms with Crippen molar-refractivity contribution in [3.05, 3.63) is 59.9 Å². The Bertz CT molecular complexity index is 910. The summed E-state index contributed by atoms with van der Waals surface area (Å²) in [7, 11) is 0. The molecule has 2 fully saturated rings. The van der Waals surface area contributed by atoms with Crippen LogP contribution in [0.4, 0.5) is 14.9 Å². The topological polar surface area (TPSA) is 36.0 Å². The van der Waals surface area contributed by atoms with Crippen LogP contribution < -0.4 is 9.64 Å². The van der Waals surface area contributed by atoms with E-state index in [-0.39, 0.29) is 18.0 Å². The monoisotopic (exact) mass is 453 g/mol. The molecule has 0 N–H and O–H groups in total. The second kappa shape index (κ2) is 11.0. The molecule has 178 valence electrons. The first-order valence-corrected chi connectivity index (χ1v) is 12.3. The number of para-hydroxylation sites is 1. The average molecular weight is 454 g/mol. The number of carbonyl (C=O) groups is 1. The van der Waals surface area contributed by atoms with Crippen molar-refractivity contribution in [3.63, 3.8) is 0 Å². The molecule has 0 spiro atoms. The zero-order valence-electron chi connectivity index (χ0n) is 19.9. The molecule has 5 nitrogen and oxygen atoms in total. The maximum Gasteiger partial charge on any atom is 0.324 e. The third-order valence-electron chi connectivity index (χ3n) is 6.69. The smallest absolute Gasteiger partial charge is 0.324 e. The highest BCUT2D eigenvalue weighted by Gasteiger charge is 2.29. The molecule has 0 unspecified atom stereocenters. The summed E-state index contributed by atoms with van der Waals surface area (Å²) < 4.78 is 19.2. The number of rotatable bonds is 9. The van der Waals surface area contributed by atoms with Gasteiger partial charge in [-0.3, -0.25) is 4.90 Å². The van der Waals surface area contributed by atoms with E-state index in [1.807, 2.05) is 4.90 Å². The molecule has 2 aliphatic rings. The van der Waals surface area contributed by atoms with E-state index < -0.39 is 0 Å². The highest BCUT2D eigenvalue weighted by molar-refractivity contribution is 5.94. The van der Waals surface area contributed by atoms with Gasteiger partial charge in [-0.15, -0.1) is 0 Å². The fraction of sp³-hybridized carbons (Fsp3) is 0.519. The Balaban J connectivity index is 1.17. The molecule has 4 rings (SSSR count). The predicted molar refractivity (Wildman–Crippen MR) is 131 cm³/mol. The number of likely N-dealkylation sites (tertiary alicyclic amines) is 1. The summed E-state index contributed by atoms with van der Waals surface area (Å²) in [6, 6.07) is 14.7. The molecule has 0 radical (unpaired) electrons. The van der Waals surface area contributed by atoms with Crippen LogP contribution in [-0.4, -0.2) is 61.2 Å². The lowest BCUT2D eigenvalue weighted by atomic mass is 9.88. The van der Waals surface area contributed by atoms with Crippen molar-refractivity contribution in [1.29, 1.82) is 0 Å². The second-order valence-electron chi connectivity index (χ2n) is 9.43. The van der Waals surface area contributed by atoms with E-state index in [2.05, 4.69) is 43.0 Å². The Morgan fingerprint density at radius 2 is 1.64 bits per heavy atom. The molecule has 0 atom stereocenters. The highest BCUT2D eigenvalue weighted by atomic mass is 19.1. The number of amides is 2. The lowest BCUT2D eigenvalue weighted by Crippen LogP contribution is -2.35. The number of halogens is 1. The number of hydrogen-bond acceptors (Lipinski definition) is 3. The third kappa shape index (κ3) is 6.05. The number of carbonyl (C=O) groups excluding carboxylic acids is 1. The normalized spacial score (nSPS) is 17.9. The van der Waals surface area contributed by atoms with E-state index in [1.54, 1.807) is 17.0 Å². The van der Waals surface area contributed by atoms with E-state index in [0.717, 1.165) is 69.8 Å². The Labute approximate surface area is 197 Å². The molecule has 6 heteroatoms. The number of unbranched alkanes of at least 4 members (excludes halogenated alkanes) is 1. The first-order valence-electron chi connectivity index (χ1n) is 12.3. The van der Waals surface area contributed by atoms with Gasteiger partial charge in [-0.05, 0) is 101 Å². The first kappa shape index (κ1) is 23.6. The van der Waals surface area contributed by atoms with Gasteiger partial charge in [-0.2, -0.15) is 0 Å². The van der Waals surface area contributed by atoms with Gasteiger partial charge in [0.15, 0.2) is 0 Å². The summed E-state index contributed by atoms with van der Waals surface area (Å²) in [6.07, 6.45) is 4.62. The Kier molecular flexibility index (Phi) is 7.86. The van der Waals surface area contributed by atoms with Crippen LogP contribution in [0.3, 0.4) is 0 Å². The molecule has 2 aliphatic heterocycles. The van der Waals surface area contributed by atoms with Crippen LogP contribution in [0.2, 0.25) is 0 Å². The number of piperidine rings is 1. The van der Waals surface area contributed by atoms with Gasteiger partial charge in [0.1, 0.15) is 11.6 Å². The molecule has 33 heavy (non-hydrogen) atoms. The van der Waals surface area contributed by atoms with Gasteiger partial charge in [0.2, 0.25) is 0 Å². The average Bonchev–Trinajstić information content (AvgIpc) is 3.18. The van der Waals surface area contributed by atoms with Crippen molar-refractivity contribution in [1.82, 2.24) is 9.80 Å². The van der Waals surface area contributed by atoms with Gasteiger partial charge in [0.25, 0.3) is 0 Å². The van der Waals surface area contributed by atoms with Gasteiger partial charge in [-0.1, -0.05) is 18.2 Å². The van der Waals surface area contributed by atoms with E-state index in [1.165, 1.54) is 17.7 Å². The molecular weight excluding hydrogens is 417 g/mol. The van der Waals surface area contributed by atoms with Gasteiger partial charge in [0.05, 0.1) is 6.10 Å². The van der Waals surface area contributed by atoms with Crippen molar-refractivity contribution in [2.45, 2.75) is 51.6 Å². The Morgan fingerprint density at radius 1 is 0.939 bits per heavy atom. The van der Waals surface area contributed by atoms with E-state index in [4.69, 9.17) is 4.74 Å². The number of hydrogen-bond donors (Lipinski definition) is 0. The van der Waals surface area contributed by atoms with Crippen LogP contribution in [0, 0.1) is 5.82 Å². The highest BCUT2D eigenvalue weighted by Crippen LogP contribution is 2.34. The summed E-state index contributed by atoms with van der Waals surface area (Å²) in [5.74, 6) is 1.33. The Hall–Kier alpha value is -2.60. The molecule has 2 amide bonds. The van der Waals surface area contributed by atoms with Crippen molar-refractivity contribution in [2.24, 2.45) is 0 Å². The molecule has 0 bridgehead atoms. The van der Waals surface area contributed by atoms with Gasteiger partial charge < -0.3 is 14.5 Å². The van der Waals surface area contributed by atoms with E-state index >= 15 is 0 Å². The minimum atomic E-state index is -0.278. The van der Waals surface area contributed by atoms with Crippen LogP contribution in [0.5, 0.6) is 5.75 Å². The van der Waals surface area contributed by atoms with Crippen LogP contribution in [0.15, 0.2) is 48.5 Å². The summed E-state index contributed by atoms with van der Waals surface area (Å²) >= 11 is 0. The fourth-order valence-corrected chi connectivity index (χ4v) is 4.94. The van der Waals surface area contributed by atoms with Crippen molar-refractivity contribution in [3.8, 4) is 5.75 Å². The second-order valence-corrected chi connectivity index (χ2v) is 9.43. The molecule has 2 heterocycles. The van der Waals surface area contributed by atoms with Gasteiger partial charge >= 0.3 is 6.03 Å². The van der Waals surface area contributed by atoms with E-state index in [9.17, 15) is 9.18 Å². The number of ether oxygens (including phenoxy) is 1. The first-order chi connectivity index (χ1) is 16.0. The van der Waals surface area contributed by atoms with Gasteiger partial charge in [0, 0.05) is 25.3 Å². The summed E-state index contributed by atoms with van der Waals surface area (Å²) in [6.45, 7) is 9.65. The lowest BCUT2D eigenvalue weighted by Gasteiger charge is -2.33. The third-order valence-corrected chi connectivity index (χ3v) is 6.69. The molecule has 0 saturated carbocycles. The molecule has 2 saturated heterocycles. The molecular formula is C27H36FN3O2. The quantitative estimate of drug-likeness (QED) is 0.470. The minimum absolute atomic E-state index is 0.0321. The standard InChI is InChI=1S/C27H36FN3O2/c1-21(2)33-26-8-4-3-7-25(26)22-13-17-29(18-14-22)15-5-6-16-30-19-20-31(27(30)32)24-11-9-23(28)10-12-24/h3-4,7-12,21-22H,5-6,13-20H2,1-2H3. The van der Waals surface area contributed by atoms with Crippen LogP contribution in [0.1, 0.15) is 51.0 Å². The molecule has 0 aliphatic carbocycles. The molecule has 0 aromatic heterocycles. The number of urea groups is 1. The number of benzene rings is 2. The minimum Gasteiger partial charge on any atom is -0.491 e. The van der Waals surface area contributed by atoms with E-state index in [0.29, 0.717) is 12.5 Å². The maximum atomic E-state index is 13.2. The van der Waals surface area contributed by atoms with Crippen molar-refractivity contribution >= 4 is 11.7 Å².